The van der Waals surface area contributed by atoms with Gasteiger partial charge in [0.25, 0.3) is 0 Å². The maximum absolute atomic E-state index is 4.03. The molecule has 2 heterocycles. The molecular weight excluding hydrogens is 198 g/mol. The van der Waals surface area contributed by atoms with E-state index < -0.39 is 0 Å². The number of nitrogens with zero attached hydrogens (tertiary/aromatic N) is 3. The third-order valence-electron chi connectivity index (χ3n) is 2.11. The summed E-state index contributed by atoms with van der Waals surface area (Å²) in [4.78, 5) is 11.9. The second kappa shape index (κ2) is 7.51. The van der Waals surface area contributed by atoms with Crippen molar-refractivity contribution in [3.8, 4) is 0 Å². The fourth-order valence-corrected chi connectivity index (χ4v) is 1.12. The SMILES string of the molecule is CCc1cccnc1.CCc1cnccn1. The first-order valence-electron chi connectivity index (χ1n) is 5.50. The Labute approximate surface area is 96.6 Å². The minimum atomic E-state index is 0.966. The van der Waals surface area contributed by atoms with Gasteiger partial charge in [-0.05, 0) is 24.5 Å². The van der Waals surface area contributed by atoms with Crippen LogP contribution in [0.4, 0.5) is 0 Å². The maximum atomic E-state index is 4.03. The number of aromatic nitrogens is 3. The van der Waals surface area contributed by atoms with E-state index in [1.54, 1.807) is 24.8 Å². The van der Waals surface area contributed by atoms with Crippen LogP contribution in [0.1, 0.15) is 25.1 Å². The molecule has 3 heteroatoms. The lowest BCUT2D eigenvalue weighted by molar-refractivity contribution is 1.000. The van der Waals surface area contributed by atoms with Crippen molar-refractivity contribution in [3.05, 3.63) is 54.4 Å². The predicted molar refractivity (Wildman–Crippen MR) is 65.0 cm³/mol. The Balaban J connectivity index is 0.000000160. The van der Waals surface area contributed by atoms with Crippen LogP contribution in [-0.4, -0.2) is 15.0 Å². The van der Waals surface area contributed by atoms with Crippen LogP contribution < -0.4 is 0 Å². The van der Waals surface area contributed by atoms with E-state index in [1.807, 2.05) is 12.3 Å². The Kier molecular flexibility index (Phi) is 5.78. The lowest BCUT2D eigenvalue weighted by Crippen LogP contribution is -1.84. The van der Waals surface area contributed by atoms with Gasteiger partial charge < -0.3 is 0 Å². The van der Waals surface area contributed by atoms with Gasteiger partial charge in [-0.25, -0.2) is 0 Å². The number of pyridine rings is 1. The zero-order valence-electron chi connectivity index (χ0n) is 9.80. The van der Waals surface area contributed by atoms with Gasteiger partial charge in [-0.3, -0.25) is 15.0 Å². The van der Waals surface area contributed by atoms with Crippen LogP contribution >= 0.6 is 0 Å². The van der Waals surface area contributed by atoms with E-state index in [0.717, 1.165) is 18.5 Å². The summed E-state index contributed by atoms with van der Waals surface area (Å²) in [5.74, 6) is 0. The van der Waals surface area contributed by atoms with Crippen LogP contribution in [0.15, 0.2) is 43.1 Å². The van der Waals surface area contributed by atoms with Gasteiger partial charge in [0.2, 0.25) is 0 Å². The largest absolute Gasteiger partial charge is 0.264 e. The second-order valence-electron chi connectivity index (χ2n) is 3.27. The molecule has 0 aromatic carbocycles. The smallest absolute Gasteiger partial charge is 0.0583 e. The fourth-order valence-electron chi connectivity index (χ4n) is 1.12. The van der Waals surface area contributed by atoms with Gasteiger partial charge in [0.15, 0.2) is 0 Å². The van der Waals surface area contributed by atoms with Gasteiger partial charge >= 0.3 is 0 Å². The van der Waals surface area contributed by atoms with Crippen molar-refractivity contribution in [2.24, 2.45) is 0 Å². The number of aryl methyl sites for hydroxylation is 2. The normalized spacial score (nSPS) is 9.12. The molecule has 0 saturated carbocycles. The molecule has 3 nitrogen and oxygen atoms in total. The van der Waals surface area contributed by atoms with E-state index in [2.05, 4.69) is 34.9 Å². The third kappa shape index (κ3) is 4.64. The summed E-state index contributed by atoms with van der Waals surface area (Å²) < 4.78 is 0. The Bertz CT molecular complexity index is 333. The molecule has 2 aromatic rings. The van der Waals surface area contributed by atoms with Gasteiger partial charge in [-0.15, -0.1) is 0 Å². The Morgan fingerprint density at radius 3 is 2.12 bits per heavy atom. The van der Waals surface area contributed by atoms with Gasteiger partial charge in [0.1, 0.15) is 0 Å². The van der Waals surface area contributed by atoms with Crippen molar-refractivity contribution in [3.63, 3.8) is 0 Å². The summed E-state index contributed by atoms with van der Waals surface area (Å²) in [6, 6.07) is 4.03. The minimum Gasteiger partial charge on any atom is -0.264 e. The molecule has 16 heavy (non-hydrogen) atoms. The van der Waals surface area contributed by atoms with Crippen LogP contribution in [0.3, 0.4) is 0 Å². The summed E-state index contributed by atoms with van der Waals surface area (Å²) in [6.45, 7) is 4.18. The molecule has 0 N–H and O–H groups in total. The lowest BCUT2D eigenvalue weighted by atomic mass is 10.2. The first kappa shape index (κ1) is 12.3. The fraction of sp³-hybridized carbons (Fsp3) is 0.308. The molecule has 0 bridgehead atoms. The third-order valence-corrected chi connectivity index (χ3v) is 2.11. The number of rotatable bonds is 2. The molecular formula is C13H17N3. The second-order valence-corrected chi connectivity index (χ2v) is 3.27. The van der Waals surface area contributed by atoms with Gasteiger partial charge in [-0.2, -0.15) is 0 Å². The molecule has 0 aliphatic carbocycles. The standard InChI is InChI=1S/C7H9N.C6H8N2/c1-2-7-4-3-5-8-6-7;1-2-6-5-7-3-4-8-6/h3-6H,2H2,1H3;3-5H,2H2,1H3. The van der Waals surface area contributed by atoms with Crippen molar-refractivity contribution in [2.45, 2.75) is 26.7 Å². The molecule has 0 spiro atoms. The minimum absolute atomic E-state index is 0.966. The molecule has 2 aromatic heterocycles. The first-order valence-corrected chi connectivity index (χ1v) is 5.50. The van der Waals surface area contributed by atoms with E-state index >= 15 is 0 Å². The summed E-state index contributed by atoms with van der Waals surface area (Å²) >= 11 is 0. The van der Waals surface area contributed by atoms with Crippen LogP contribution in [0, 0.1) is 0 Å². The zero-order valence-corrected chi connectivity index (χ0v) is 9.80. The Morgan fingerprint density at radius 2 is 1.75 bits per heavy atom. The van der Waals surface area contributed by atoms with E-state index in [9.17, 15) is 0 Å². The van der Waals surface area contributed by atoms with Crippen molar-refractivity contribution < 1.29 is 0 Å². The van der Waals surface area contributed by atoms with Crippen molar-refractivity contribution in [1.82, 2.24) is 15.0 Å². The summed E-state index contributed by atoms with van der Waals surface area (Å²) in [7, 11) is 0. The van der Waals surface area contributed by atoms with E-state index in [1.165, 1.54) is 5.56 Å². The molecule has 2 rings (SSSR count). The summed E-state index contributed by atoms with van der Waals surface area (Å²) in [5.41, 5.74) is 2.35. The highest BCUT2D eigenvalue weighted by Gasteiger charge is 1.83. The van der Waals surface area contributed by atoms with Crippen LogP contribution in [0.25, 0.3) is 0 Å². The molecule has 0 aliphatic heterocycles. The van der Waals surface area contributed by atoms with Crippen molar-refractivity contribution in [2.75, 3.05) is 0 Å². The molecule has 0 aliphatic rings. The Morgan fingerprint density at radius 1 is 0.938 bits per heavy atom. The summed E-state index contributed by atoms with van der Waals surface area (Å²) in [5, 5.41) is 0. The van der Waals surface area contributed by atoms with Gasteiger partial charge in [-0.1, -0.05) is 19.9 Å². The van der Waals surface area contributed by atoms with Crippen LogP contribution in [0.2, 0.25) is 0 Å². The molecule has 0 unspecified atom stereocenters. The van der Waals surface area contributed by atoms with Gasteiger partial charge in [0.05, 0.1) is 5.69 Å². The van der Waals surface area contributed by atoms with Crippen molar-refractivity contribution >= 4 is 0 Å². The quantitative estimate of drug-likeness (QED) is 0.773. The Hall–Kier alpha value is -1.77. The average molecular weight is 215 g/mol. The maximum Gasteiger partial charge on any atom is 0.0583 e. The average Bonchev–Trinajstić information content (AvgIpc) is 2.41. The topological polar surface area (TPSA) is 38.7 Å². The lowest BCUT2D eigenvalue weighted by Gasteiger charge is -1.88. The summed E-state index contributed by atoms with van der Waals surface area (Å²) in [6.07, 6.45) is 10.9. The monoisotopic (exact) mass is 215 g/mol. The van der Waals surface area contributed by atoms with Crippen molar-refractivity contribution in [1.29, 1.82) is 0 Å². The number of hydrogen-bond acceptors (Lipinski definition) is 3. The molecule has 0 radical (unpaired) electrons. The highest BCUT2D eigenvalue weighted by Crippen LogP contribution is 1.93. The highest BCUT2D eigenvalue weighted by molar-refractivity contribution is 5.07. The van der Waals surface area contributed by atoms with E-state index in [4.69, 9.17) is 0 Å². The molecule has 84 valence electrons. The van der Waals surface area contributed by atoms with E-state index in [0.29, 0.717) is 0 Å². The molecule has 0 saturated heterocycles. The zero-order chi connectivity index (χ0) is 11.6. The van der Waals surface area contributed by atoms with E-state index in [-0.39, 0.29) is 0 Å². The van der Waals surface area contributed by atoms with Crippen LogP contribution in [0.5, 0.6) is 0 Å². The molecule has 0 amide bonds. The van der Waals surface area contributed by atoms with Crippen LogP contribution in [-0.2, 0) is 12.8 Å². The first-order chi connectivity index (χ1) is 7.86. The number of hydrogen-bond donors (Lipinski definition) is 0. The van der Waals surface area contributed by atoms with Gasteiger partial charge in [0, 0.05) is 31.0 Å². The highest BCUT2D eigenvalue weighted by atomic mass is 14.8. The predicted octanol–water partition coefficient (Wildman–Crippen LogP) is 2.68. The molecule has 0 fully saturated rings. The molecule has 0 atom stereocenters.